The zero-order valence-corrected chi connectivity index (χ0v) is 8.11. The lowest BCUT2D eigenvalue weighted by molar-refractivity contribution is -0.141. The number of aliphatic carboxylic acids is 1. The Morgan fingerprint density at radius 3 is 2.79 bits per heavy atom. The average molecular weight is 200 g/mol. The van der Waals surface area contributed by atoms with E-state index in [2.05, 4.69) is 0 Å². The van der Waals surface area contributed by atoms with E-state index in [9.17, 15) is 9.59 Å². The van der Waals surface area contributed by atoms with E-state index in [0.29, 0.717) is 19.6 Å². The number of carboxylic acids is 1. The van der Waals surface area contributed by atoms with E-state index in [-0.39, 0.29) is 12.3 Å². The van der Waals surface area contributed by atoms with Crippen molar-refractivity contribution in [1.82, 2.24) is 4.90 Å². The van der Waals surface area contributed by atoms with Crippen LogP contribution in [0.2, 0.25) is 0 Å². The van der Waals surface area contributed by atoms with Gasteiger partial charge in [-0.05, 0) is 19.4 Å². The third-order valence-electron chi connectivity index (χ3n) is 2.45. The van der Waals surface area contributed by atoms with Gasteiger partial charge in [0, 0.05) is 19.5 Å². The molecule has 0 spiro atoms. The Bertz CT molecular complexity index is 230. The van der Waals surface area contributed by atoms with Crippen molar-refractivity contribution in [2.75, 3.05) is 19.6 Å². The van der Waals surface area contributed by atoms with Gasteiger partial charge in [0.15, 0.2) is 0 Å². The van der Waals surface area contributed by atoms with Gasteiger partial charge in [0.2, 0.25) is 5.91 Å². The monoisotopic (exact) mass is 200 g/mol. The number of nitrogens with two attached hydrogens (primary N) is 1. The van der Waals surface area contributed by atoms with Crippen LogP contribution in [-0.4, -0.2) is 41.5 Å². The lowest BCUT2D eigenvalue weighted by atomic mass is 10.1. The minimum absolute atomic E-state index is 0.0468. The van der Waals surface area contributed by atoms with Gasteiger partial charge < -0.3 is 15.7 Å². The second-order valence-corrected chi connectivity index (χ2v) is 3.57. The smallest absolute Gasteiger partial charge is 0.308 e. The fraction of sp³-hybridized carbons (Fsp3) is 0.778. The van der Waals surface area contributed by atoms with E-state index < -0.39 is 11.9 Å². The topological polar surface area (TPSA) is 83.6 Å². The molecular formula is C9H16N2O3. The molecule has 1 atom stereocenters. The molecule has 1 aliphatic rings. The van der Waals surface area contributed by atoms with Crippen LogP contribution in [0, 0.1) is 5.92 Å². The predicted octanol–water partition coefficient (Wildman–Crippen LogP) is -0.342. The van der Waals surface area contributed by atoms with Crippen molar-refractivity contribution in [2.45, 2.75) is 19.3 Å². The summed E-state index contributed by atoms with van der Waals surface area (Å²) in [4.78, 5) is 23.6. The highest BCUT2D eigenvalue weighted by atomic mass is 16.4. The van der Waals surface area contributed by atoms with Crippen molar-refractivity contribution in [3.05, 3.63) is 0 Å². The number of likely N-dealkylation sites (tertiary alicyclic amines) is 1. The molecule has 0 aromatic heterocycles. The highest BCUT2D eigenvalue weighted by Gasteiger charge is 2.33. The number of carbonyl (C=O) groups is 2. The second kappa shape index (κ2) is 4.95. The molecule has 0 radical (unpaired) electrons. The van der Waals surface area contributed by atoms with Crippen LogP contribution in [0.3, 0.4) is 0 Å². The zero-order chi connectivity index (χ0) is 10.6. The molecule has 0 bridgehead atoms. The quantitative estimate of drug-likeness (QED) is 0.594. The van der Waals surface area contributed by atoms with Crippen molar-refractivity contribution < 1.29 is 14.7 Å². The van der Waals surface area contributed by atoms with Crippen LogP contribution in [0.4, 0.5) is 0 Å². The van der Waals surface area contributed by atoms with Crippen molar-refractivity contribution in [3.8, 4) is 0 Å². The number of hydrogen-bond acceptors (Lipinski definition) is 3. The molecule has 5 heteroatoms. The van der Waals surface area contributed by atoms with Crippen LogP contribution in [-0.2, 0) is 9.59 Å². The molecule has 80 valence electrons. The molecule has 1 heterocycles. The molecule has 1 amide bonds. The van der Waals surface area contributed by atoms with Gasteiger partial charge in [0.25, 0.3) is 0 Å². The maximum atomic E-state index is 11.3. The van der Waals surface area contributed by atoms with Crippen molar-refractivity contribution in [2.24, 2.45) is 11.7 Å². The largest absolute Gasteiger partial charge is 0.481 e. The second-order valence-electron chi connectivity index (χ2n) is 3.57. The summed E-state index contributed by atoms with van der Waals surface area (Å²) in [6, 6.07) is 0. The lowest BCUT2D eigenvalue weighted by Gasteiger charge is -2.15. The molecule has 0 saturated carbocycles. The van der Waals surface area contributed by atoms with Crippen LogP contribution in [0.15, 0.2) is 0 Å². The molecule has 1 aliphatic heterocycles. The van der Waals surface area contributed by atoms with Crippen LogP contribution < -0.4 is 5.73 Å². The Kier molecular flexibility index (Phi) is 3.88. The van der Waals surface area contributed by atoms with Gasteiger partial charge in [-0.15, -0.1) is 0 Å². The summed E-state index contributed by atoms with van der Waals surface area (Å²) in [6.45, 7) is 1.61. The summed E-state index contributed by atoms with van der Waals surface area (Å²) in [5, 5.41) is 8.72. The predicted molar refractivity (Wildman–Crippen MR) is 50.6 cm³/mol. The van der Waals surface area contributed by atoms with E-state index in [1.807, 2.05) is 0 Å². The Hall–Kier alpha value is -1.10. The Balaban J connectivity index is 2.33. The first-order valence-corrected chi connectivity index (χ1v) is 4.85. The van der Waals surface area contributed by atoms with Gasteiger partial charge in [-0.1, -0.05) is 0 Å². The minimum Gasteiger partial charge on any atom is -0.481 e. The molecule has 0 aromatic carbocycles. The summed E-state index contributed by atoms with van der Waals surface area (Å²) >= 11 is 0. The number of amides is 1. The minimum atomic E-state index is -0.875. The summed E-state index contributed by atoms with van der Waals surface area (Å²) in [6.07, 6.45) is 1.88. The van der Waals surface area contributed by atoms with Crippen molar-refractivity contribution in [1.29, 1.82) is 0 Å². The first kappa shape index (κ1) is 11.0. The van der Waals surface area contributed by atoms with E-state index in [0.717, 1.165) is 12.8 Å². The van der Waals surface area contributed by atoms with Gasteiger partial charge in [-0.2, -0.15) is 0 Å². The Morgan fingerprint density at radius 1 is 1.57 bits per heavy atom. The molecule has 14 heavy (non-hydrogen) atoms. The van der Waals surface area contributed by atoms with E-state index in [1.165, 1.54) is 0 Å². The van der Waals surface area contributed by atoms with Crippen LogP contribution in [0.5, 0.6) is 0 Å². The third-order valence-corrected chi connectivity index (χ3v) is 2.45. The van der Waals surface area contributed by atoms with Gasteiger partial charge >= 0.3 is 5.97 Å². The van der Waals surface area contributed by atoms with Crippen molar-refractivity contribution >= 4 is 11.9 Å². The first-order chi connectivity index (χ1) is 6.65. The molecule has 0 unspecified atom stereocenters. The Morgan fingerprint density at radius 2 is 2.29 bits per heavy atom. The molecule has 1 fully saturated rings. The first-order valence-electron chi connectivity index (χ1n) is 4.85. The highest BCUT2D eigenvalue weighted by Crippen LogP contribution is 2.18. The summed E-state index contributed by atoms with van der Waals surface area (Å²) < 4.78 is 0. The number of carboxylic acid groups (broad SMARTS) is 1. The van der Waals surface area contributed by atoms with Crippen molar-refractivity contribution in [3.63, 3.8) is 0 Å². The number of unbranched alkanes of at least 4 members (excludes halogenated alkanes) is 1. The van der Waals surface area contributed by atoms with E-state index in [1.54, 1.807) is 4.90 Å². The zero-order valence-electron chi connectivity index (χ0n) is 8.11. The van der Waals surface area contributed by atoms with Gasteiger partial charge in [-0.3, -0.25) is 9.59 Å². The van der Waals surface area contributed by atoms with Gasteiger partial charge in [-0.25, -0.2) is 0 Å². The summed E-state index contributed by atoms with van der Waals surface area (Å²) in [5.41, 5.74) is 5.33. The van der Waals surface area contributed by atoms with E-state index >= 15 is 0 Å². The molecule has 0 aliphatic carbocycles. The summed E-state index contributed by atoms with van der Waals surface area (Å²) in [5.74, 6) is -1.44. The molecule has 5 nitrogen and oxygen atoms in total. The maximum absolute atomic E-state index is 11.3. The standard InChI is InChI=1S/C9H16N2O3/c10-3-1-2-4-11-6-7(9(13)14)5-8(11)12/h7H,1-6,10H2,(H,13,14)/t7-/m1/s1. The summed E-state index contributed by atoms with van der Waals surface area (Å²) in [7, 11) is 0. The molecular weight excluding hydrogens is 184 g/mol. The normalized spacial score (nSPS) is 21.6. The average Bonchev–Trinajstić information content (AvgIpc) is 2.49. The number of hydrogen-bond donors (Lipinski definition) is 2. The molecule has 0 aromatic rings. The number of carbonyl (C=O) groups excluding carboxylic acids is 1. The fourth-order valence-corrected chi connectivity index (χ4v) is 1.60. The van der Waals surface area contributed by atoms with Crippen LogP contribution >= 0.6 is 0 Å². The molecule has 1 saturated heterocycles. The van der Waals surface area contributed by atoms with Crippen LogP contribution in [0.1, 0.15) is 19.3 Å². The Labute approximate surface area is 82.9 Å². The number of rotatable bonds is 5. The van der Waals surface area contributed by atoms with Gasteiger partial charge in [0.1, 0.15) is 0 Å². The third kappa shape index (κ3) is 2.70. The van der Waals surface area contributed by atoms with Gasteiger partial charge in [0.05, 0.1) is 5.92 Å². The molecule has 1 rings (SSSR count). The highest BCUT2D eigenvalue weighted by molar-refractivity contribution is 5.86. The maximum Gasteiger partial charge on any atom is 0.308 e. The molecule has 3 N–H and O–H groups in total. The lowest BCUT2D eigenvalue weighted by Crippen LogP contribution is -2.27. The van der Waals surface area contributed by atoms with E-state index in [4.69, 9.17) is 10.8 Å². The van der Waals surface area contributed by atoms with Crippen LogP contribution in [0.25, 0.3) is 0 Å². The fourth-order valence-electron chi connectivity index (χ4n) is 1.60. The number of nitrogens with zero attached hydrogens (tertiary/aromatic N) is 1. The SMILES string of the molecule is NCCCCN1C[C@H](C(=O)O)CC1=O.